The molecule has 2 aromatic rings. The summed E-state index contributed by atoms with van der Waals surface area (Å²) in [5.41, 5.74) is 2.10. The zero-order valence-electron chi connectivity index (χ0n) is 11.8. The fourth-order valence-electron chi connectivity index (χ4n) is 2.00. The summed E-state index contributed by atoms with van der Waals surface area (Å²) in [6.45, 7) is 2.74. The first-order chi connectivity index (χ1) is 10.2. The lowest BCUT2D eigenvalue weighted by Gasteiger charge is -2.14. The molecule has 0 saturated heterocycles. The fourth-order valence-corrected chi connectivity index (χ4v) is 2.00. The molecular formula is C17H17FN2O. The van der Waals surface area contributed by atoms with Crippen LogP contribution in [0.5, 0.6) is 5.75 Å². The molecule has 4 heteroatoms. The molecule has 0 aromatic heterocycles. The number of hydrogen-bond acceptors (Lipinski definition) is 3. The Morgan fingerprint density at radius 2 is 2.00 bits per heavy atom. The summed E-state index contributed by atoms with van der Waals surface area (Å²) >= 11 is 0. The van der Waals surface area contributed by atoms with Crippen molar-refractivity contribution in [1.29, 1.82) is 5.26 Å². The molecule has 0 spiro atoms. The molecule has 0 heterocycles. The standard InChI is InChI=1S/C17H17FN2O/c1-13(15-5-7-16(18)8-6-15)20-12-14-3-2-4-17(11-14)21-10-9-19/h2-8,11,13,20H,10,12H2,1H3/t13-/m1/s1. The number of benzene rings is 2. The summed E-state index contributed by atoms with van der Waals surface area (Å²) in [7, 11) is 0. The van der Waals surface area contributed by atoms with Gasteiger partial charge in [0.25, 0.3) is 0 Å². The molecule has 108 valence electrons. The van der Waals surface area contributed by atoms with Gasteiger partial charge >= 0.3 is 0 Å². The van der Waals surface area contributed by atoms with E-state index in [2.05, 4.69) is 5.32 Å². The van der Waals surface area contributed by atoms with E-state index in [0.29, 0.717) is 12.3 Å². The van der Waals surface area contributed by atoms with E-state index in [1.54, 1.807) is 12.1 Å². The molecule has 0 fully saturated rings. The maximum absolute atomic E-state index is 12.9. The van der Waals surface area contributed by atoms with Crippen LogP contribution >= 0.6 is 0 Å². The first kappa shape index (κ1) is 15.0. The minimum atomic E-state index is -0.228. The van der Waals surface area contributed by atoms with Crippen LogP contribution in [0.2, 0.25) is 0 Å². The Morgan fingerprint density at radius 1 is 1.24 bits per heavy atom. The molecule has 0 aliphatic carbocycles. The summed E-state index contributed by atoms with van der Waals surface area (Å²) in [6, 6.07) is 16.2. The van der Waals surface area contributed by atoms with E-state index in [1.165, 1.54) is 12.1 Å². The van der Waals surface area contributed by atoms with Crippen molar-refractivity contribution in [2.24, 2.45) is 0 Å². The molecule has 0 radical (unpaired) electrons. The Kier molecular flexibility index (Phi) is 5.30. The van der Waals surface area contributed by atoms with E-state index < -0.39 is 0 Å². The first-order valence-electron chi connectivity index (χ1n) is 6.76. The van der Waals surface area contributed by atoms with Crippen LogP contribution < -0.4 is 10.1 Å². The Bertz CT molecular complexity index is 619. The quantitative estimate of drug-likeness (QED) is 0.882. The van der Waals surface area contributed by atoms with Gasteiger partial charge in [0, 0.05) is 12.6 Å². The average Bonchev–Trinajstić information content (AvgIpc) is 2.52. The highest BCUT2D eigenvalue weighted by Gasteiger charge is 2.05. The first-order valence-corrected chi connectivity index (χ1v) is 6.76. The Hall–Kier alpha value is -2.38. The number of ether oxygens (including phenoxy) is 1. The van der Waals surface area contributed by atoms with Gasteiger partial charge in [-0.05, 0) is 42.3 Å². The molecule has 0 bridgehead atoms. The van der Waals surface area contributed by atoms with Crippen LogP contribution in [0.15, 0.2) is 48.5 Å². The van der Waals surface area contributed by atoms with Crippen LogP contribution in [0.3, 0.4) is 0 Å². The number of nitrogens with zero attached hydrogens (tertiary/aromatic N) is 1. The van der Waals surface area contributed by atoms with Crippen LogP contribution in [0, 0.1) is 17.1 Å². The van der Waals surface area contributed by atoms with Crippen molar-refractivity contribution < 1.29 is 9.13 Å². The van der Waals surface area contributed by atoms with E-state index >= 15 is 0 Å². The predicted molar refractivity (Wildman–Crippen MR) is 79.2 cm³/mol. The van der Waals surface area contributed by atoms with Crippen molar-refractivity contribution in [2.75, 3.05) is 6.61 Å². The SMILES string of the molecule is C[C@@H](NCc1cccc(OCC#N)c1)c1ccc(F)cc1. The third-order valence-electron chi connectivity index (χ3n) is 3.18. The molecule has 2 rings (SSSR count). The molecule has 21 heavy (non-hydrogen) atoms. The van der Waals surface area contributed by atoms with Gasteiger partial charge in [0.1, 0.15) is 17.6 Å². The smallest absolute Gasteiger partial charge is 0.174 e. The second-order valence-corrected chi connectivity index (χ2v) is 4.75. The van der Waals surface area contributed by atoms with Gasteiger partial charge in [-0.3, -0.25) is 0 Å². The van der Waals surface area contributed by atoms with Gasteiger partial charge in [-0.15, -0.1) is 0 Å². The van der Waals surface area contributed by atoms with E-state index in [1.807, 2.05) is 37.3 Å². The minimum Gasteiger partial charge on any atom is -0.479 e. The lowest BCUT2D eigenvalue weighted by atomic mass is 10.1. The molecule has 1 N–H and O–H groups in total. The molecule has 2 aromatic carbocycles. The van der Waals surface area contributed by atoms with Crippen LogP contribution in [-0.2, 0) is 6.54 Å². The molecule has 0 aliphatic rings. The molecular weight excluding hydrogens is 267 g/mol. The van der Waals surface area contributed by atoms with Gasteiger partial charge in [-0.25, -0.2) is 4.39 Å². The van der Waals surface area contributed by atoms with Gasteiger partial charge in [-0.1, -0.05) is 24.3 Å². The normalized spacial score (nSPS) is 11.7. The van der Waals surface area contributed by atoms with Crippen molar-refractivity contribution in [2.45, 2.75) is 19.5 Å². The highest BCUT2D eigenvalue weighted by Crippen LogP contribution is 2.16. The highest BCUT2D eigenvalue weighted by molar-refractivity contribution is 5.29. The van der Waals surface area contributed by atoms with Gasteiger partial charge in [0.15, 0.2) is 6.61 Å². The zero-order valence-corrected chi connectivity index (χ0v) is 11.8. The number of nitrogens with one attached hydrogen (secondary N) is 1. The van der Waals surface area contributed by atoms with Crippen LogP contribution in [0.25, 0.3) is 0 Å². The number of nitriles is 1. The average molecular weight is 284 g/mol. The van der Waals surface area contributed by atoms with Crippen LogP contribution in [0.1, 0.15) is 24.1 Å². The van der Waals surface area contributed by atoms with Crippen molar-refractivity contribution >= 4 is 0 Å². The van der Waals surface area contributed by atoms with E-state index in [-0.39, 0.29) is 18.5 Å². The highest BCUT2D eigenvalue weighted by atomic mass is 19.1. The lowest BCUT2D eigenvalue weighted by molar-refractivity contribution is 0.367. The maximum Gasteiger partial charge on any atom is 0.174 e. The van der Waals surface area contributed by atoms with Gasteiger partial charge in [-0.2, -0.15) is 5.26 Å². The lowest BCUT2D eigenvalue weighted by Crippen LogP contribution is -2.18. The second kappa shape index (κ2) is 7.41. The molecule has 0 aliphatic heterocycles. The Morgan fingerprint density at radius 3 is 2.71 bits per heavy atom. The third-order valence-corrected chi connectivity index (χ3v) is 3.18. The molecule has 1 atom stereocenters. The van der Waals surface area contributed by atoms with Gasteiger partial charge in [0.05, 0.1) is 0 Å². The molecule has 0 unspecified atom stereocenters. The number of hydrogen-bond donors (Lipinski definition) is 1. The van der Waals surface area contributed by atoms with Crippen LogP contribution in [0.4, 0.5) is 4.39 Å². The largest absolute Gasteiger partial charge is 0.479 e. The number of rotatable bonds is 6. The topological polar surface area (TPSA) is 45.0 Å². The monoisotopic (exact) mass is 284 g/mol. The molecule has 0 saturated carbocycles. The van der Waals surface area contributed by atoms with E-state index in [0.717, 1.165) is 11.1 Å². The Balaban J connectivity index is 1.93. The fraction of sp³-hybridized carbons (Fsp3) is 0.235. The minimum absolute atomic E-state index is 0.0445. The van der Waals surface area contributed by atoms with E-state index in [4.69, 9.17) is 10.00 Å². The predicted octanol–water partition coefficient (Wildman–Crippen LogP) is 3.58. The third kappa shape index (κ3) is 4.59. The van der Waals surface area contributed by atoms with Crippen molar-refractivity contribution in [3.63, 3.8) is 0 Å². The molecule has 0 amide bonds. The molecule has 3 nitrogen and oxygen atoms in total. The van der Waals surface area contributed by atoms with Crippen molar-refractivity contribution in [1.82, 2.24) is 5.32 Å². The number of halogens is 1. The van der Waals surface area contributed by atoms with Crippen LogP contribution in [-0.4, -0.2) is 6.61 Å². The zero-order chi connectivity index (χ0) is 15.1. The maximum atomic E-state index is 12.9. The summed E-state index contributed by atoms with van der Waals surface area (Å²) in [5.74, 6) is 0.457. The summed E-state index contributed by atoms with van der Waals surface area (Å²) in [4.78, 5) is 0. The van der Waals surface area contributed by atoms with Crippen molar-refractivity contribution in [3.8, 4) is 11.8 Å². The summed E-state index contributed by atoms with van der Waals surface area (Å²) in [5, 5.41) is 11.9. The van der Waals surface area contributed by atoms with Crippen molar-refractivity contribution in [3.05, 3.63) is 65.5 Å². The van der Waals surface area contributed by atoms with Gasteiger partial charge < -0.3 is 10.1 Å². The second-order valence-electron chi connectivity index (χ2n) is 4.75. The summed E-state index contributed by atoms with van der Waals surface area (Å²) < 4.78 is 18.2. The van der Waals surface area contributed by atoms with E-state index in [9.17, 15) is 4.39 Å². The Labute approximate surface area is 124 Å². The van der Waals surface area contributed by atoms with Gasteiger partial charge in [0.2, 0.25) is 0 Å². The summed E-state index contributed by atoms with van der Waals surface area (Å²) in [6.07, 6.45) is 0.